The van der Waals surface area contributed by atoms with Crippen molar-refractivity contribution in [3.05, 3.63) is 44.4 Å². The van der Waals surface area contributed by atoms with Crippen molar-refractivity contribution in [2.75, 3.05) is 5.32 Å². The van der Waals surface area contributed by atoms with E-state index in [1.54, 1.807) is 6.07 Å². The molecule has 1 amide bonds. The largest absolute Gasteiger partial charge is 0.305 e. The summed E-state index contributed by atoms with van der Waals surface area (Å²) in [6.07, 6.45) is 4.43. The summed E-state index contributed by atoms with van der Waals surface area (Å²) in [5, 5.41) is 2.70. The molecule has 0 fully saturated rings. The van der Waals surface area contributed by atoms with E-state index < -0.39 is 5.91 Å². The van der Waals surface area contributed by atoms with Crippen LogP contribution in [0.2, 0.25) is 5.15 Å². The number of nitrogens with zero attached hydrogens (tertiary/aromatic N) is 3. The highest BCUT2D eigenvalue weighted by molar-refractivity contribution is 9.10. The third kappa shape index (κ3) is 3.24. The number of hydrogen-bond acceptors (Lipinski definition) is 4. The first-order chi connectivity index (χ1) is 8.56. The molecule has 0 aliphatic heterocycles. The van der Waals surface area contributed by atoms with Crippen LogP contribution in [0, 0.1) is 0 Å². The van der Waals surface area contributed by atoms with Gasteiger partial charge in [-0.1, -0.05) is 11.6 Å². The van der Waals surface area contributed by atoms with Crippen LogP contribution in [0.25, 0.3) is 0 Å². The fraction of sp³-hybridized carbons (Fsp3) is 0. The number of anilines is 1. The number of hydrogen-bond donors (Lipinski definition) is 1. The maximum Gasteiger partial charge on any atom is 0.260 e. The predicted octanol–water partition coefficient (Wildman–Crippen LogP) is 3.30. The molecule has 1 N–H and O–H groups in total. The first-order valence-electron chi connectivity index (χ1n) is 4.66. The van der Waals surface area contributed by atoms with Gasteiger partial charge in [-0.05, 0) is 37.9 Å². The molecule has 2 aromatic rings. The zero-order valence-electron chi connectivity index (χ0n) is 8.69. The summed E-state index contributed by atoms with van der Waals surface area (Å²) in [5.41, 5.74) is 0.260. The van der Waals surface area contributed by atoms with Crippen molar-refractivity contribution in [3.63, 3.8) is 0 Å². The van der Waals surface area contributed by atoms with E-state index in [9.17, 15) is 4.79 Å². The molecule has 18 heavy (non-hydrogen) atoms. The molecule has 0 saturated heterocycles. The summed E-state index contributed by atoms with van der Waals surface area (Å²) in [4.78, 5) is 23.7. The molecule has 0 spiro atoms. The van der Waals surface area contributed by atoms with Gasteiger partial charge in [-0.3, -0.25) is 4.79 Å². The fourth-order valence-corrected chi connectivity index (χ4v) is 1.87. The Kier molecular flexibility index (Phi) is 4.26. The summed E-state index contributed by atoms with van der Waals surface area (Å²) < 4.78 is 1.25. The maximum atomic E-state index is 11.9. The lowest BCUT2D eigenvalue weighted by atomic mass is 10.2. The lowest BCUT2D eigenvalue weighted by Gasteiger charge is -2.05. The average Bonchev–Trinajstić information content (AvgIpc) is 2.35. The Hall–Kier alpha value is -1.05. The number of amides is 1. The van der Waals surface area contributed by atoms with Gasteiger partial charge >= 0.3 is 0 Å². The van der Waals surface area contributed by atoms with Gasteiger partial charge in [0.2, 0.25) is 0 Å². The van der Waals surface area contributed by atoms with Crippen molar-refractivity contribution in [2.24, 2.45) is 0 Å². The van der Waals surface area contributed by atoms with Gasteiger partial charge < -0.3 is 5.32 Å². The molecular formula is C10H5Br2ClN4O. The van der Waals surface area contributed by atoms with Crippen molar-refractivity contribution in [1.82, 2.24) is 15.0 Å². The number of halogens is 3. The number of aromatic nitrogens is 3. The highest BCUT2D eigenvalue weighted by Crippen LogP contribution is 2.19. The van der Waals surface area contributed by atoms with Gasteiger partial charge in [0.15, 0.2) is 5.82 Å². The summed E-state index contributed by atoms with van der Waals surface area (Å²) in [6.45, 7) is 0. The average molecular weight is 392 g/mol. The minimum atomic E-state index is -0.398. The second kappa shape index (κ2) is 5.73. The fourth-order valence-electron chi connectivity index (χ4n) is 1.14. The van der Waals surface area contributed by atoms with Crippen LogP contribution < -0.4 is 5.32 Å². The summed E-state index contributed by atoms with van der Waals surface area (Å²) >= 11 is 12.2. The maximum absolute atomic E-state index is 11.9. The quantitative estimate of drug-likeness (QED) is 0.797. The molecule has 0 atom stereocenters. The standard InChI is InChI=1S/C10H5Br2ClN4O/c11-5-1-6(9(13)16-2-5)10(18)17-8-4-14-7(12)3-15-8/h1-4H,(H,15,17,18). The molecule has 0 aromatic carbocycles. The van der Waals surface area contributed by atoms with Crippen LogP contribution in [0.5, 0.6) is 0 Å². The Balaban J connectivity index is 2.21. The van der Waals surface area contributed by atoms with Gasteiger partial charge in [-0.15, -0.1) is 0 Å². The van der Waals surface area contributed by atoms with Crippen molar-refractivity contribution in [3.8, 4) is 0 Å². The van der Waals surface area contributed by atoms with Crippen LogP contribution in [0.4, 0.5) is 5.82 Å². The number of rotatable bonds is 2. The number of pyridine rings is 1. The molecule has 8 heteroatoms. The van der Waals surface area contributed by atoms with Crippen LogP contribution in [-0.2, 0) is 0 Å². The molecule has 2 rings (SSSR count). The molecule has 0 unspecified atom stereocenters. The number of carbonyl (C=O) groups excluding carboxylic acids is 1. The third-order valence-corrected chi connectivity index (χ3v) is 3.06. The minimum absolute atomic E-state index is 0.126. The molecule has 0 aliphatic carbocycles. The van der Waals surface area contributed by atoms with Crippen molar-refractivity contribution >= 4 is 55.2 Å². The Morgan fingerprint density at radius 1 is 1.17 bits per heavy atom. The molecule has 2 heterocycles. The summed E-state index contributed by atoms with van der Waals surface area (Å²) in [6, 6.07) is 1.58. The van der Waals surface area contributed by atoms with E-state index in [1.807, 2.05) is 0 Å². The SMILES string of the molecule is O=C(Nc1cnc(Br)cn1)c1cc(Br)cnc1Cl. The van der Waals surface area contributed by atoms with Crippen molar-refractivity contribution in [1.29, 1.82) is 0 Å². The monoisotopic (exact) mass is 390 g/mol. The first kappa shape index (κ1) is 13.4. The predicted molar refractivity (Wildman–Crippen MR) is 74.6 cm³/mol. The zero-order valence-corrected chi connectivity index (χ0v) is 12.6. The van der Waals surface area contributed by atoms with Crippen LogP contribution in [-0.4, -0.2) is 20.9 Å². The van der Waals surface area contributed by atoms with E-state index >= 15 is 0 Å². The second-order valence-corrected chi connectivity index (χ2v) is 5.26. The molecule has 0 saturated carbocycles. The van der Waals surface area contributed by atoms with Gasteiger partial charge in [0.1, 0.15) is 9.76 Å². The second-order valence-electron chi connectivity index (χ2n) is 3.17. The van der Waals surface area contributed by atoms with Crippen LogP contribution in [0.15, 0.2) is 33.7 Å². The topological polar surface area (TPSA) is 67.8 Å². The van der Waals surface area contributed by atoms with Crippen LogP contribution >= 0.6 is 43.5 Å². The lowest BCUT2D eigenvalue weighted by Crippen LogP contribution is -2.14. The van der Waals surface area contributed by atoms with E-state index in [4.69, 9.17) is 11.6 Å². The normalized spacial score (nSPS) is 10.2. The molecule has 5 nitrogen and oxygen atoms in total. The Bertz CT molecular complexity index is 591. The molecular weight excluding hydrogens is 387 g/mol. The van der Waals surface area contributed by atoms with Gasteiger partial charge in [0, 0.05) is 10.7 Å². The summed E-state index contributed by atoms with van der Waals surface area (Å²) in [5.74, 6) is -0.0651. The molecule has 92 valence electrons. The van der Waals surface area contributed by atoms with E-state index in [0.717, 1.165) is 0 Å². The van der Waals surface area contributed by atoms with Gasteiger partial charge in [0.05, 0.1) is 18.0 Å². The van der Waals surface area contributed by atoms with Crippen molar-refractivity contribution < 1.29 is 4.79 Å². The van der Waals surface area contributed by atoms with E-state index in [1.165, 1.54) is 18.6 Å². The zero-order chi connectivity index (χ0) is 13.1. The lowest BCUT2D eigenvalue weighted by molar-refractivity contribution is 0.102. The number of nitrogens with one attached hydrogen (secondary N) is 1. The Morgan fingerprint density at radius 2 is 1.94 bits per heavy atom. The Morgan fingerprint density at radius 3 is 2.61 bits per heavy atom. The molecule has 0 bridgehead atoms. The van der Waals surface area contributed by atoms with Crippen LogP contribution in [0.1, 0.15) is 10.4 Å². The van der Waals surface area contributed by atoms with E-state index in [-0.39, 0.29) is 10.7 Å². The summed E-state index contributed by atoms with van der Waals surface area (Å²) in [7, 11) is 0. The number of carbonyl (C=O) groups is 1. The highest BCUT2D eigenvalue weighted by atomic mass is 79.9. The smallest absolute Gasteiger partial charge is 0.260 e. The van der Waals surface area contributed by atoms with Gasteiger partial charge in [0.25, 0.3) is 5.91 Å². The van der Waals surface area contributed by atoms with Gasteiger partial charge in [-0.25, -0.2) is 15.0 Å². The van der Waals surface area contributed by atoms with E-state index in [2.05, 4.69) is 52.1 Å². The first-order valence-corrected chi connectivity index (χ1v) is 6.62. The van der Waals surface area contributed by atoms with Crippen molar-refractivity contribution in [2.45, 2.75) is 0 Å². The Labute approximate surface area is 124 Å². The molecule has 2 aromatic heterocycles. The minimum Gasteiger partial charge on any atom is -0.305 e. The van der Waals surface area contributed by atoms with Crippen LogP contribution in [0.3, 0.4) is 0 Å². The highest BCUT2D eigenvalue weighted by Gasteiger charge is 2.12. The molecule has 0 aliphatic rings. The third-order valence-electron chi connectivity index (χ3n) is 1.91. The van der Waals surface area contributed by atoms with E-state index in [0.29, 0.717) is 14.9 Å². The van der Waals surface area contributed by atoms with Gasteiger partial charge in [-0.2, -0.15) is 0 Å². The molecule has 0 radical (unpaired) electrons.